The third-order valence-electron chi connectivity index (χ3n) is 8.25. The first-order valence-electron chi connectivity index (χ1n) is 11.6. The van der Waals surface area contributed by atoms with Crippen LogP contribution in [0.15, 0.2) is 18.5 Å². The predicted octanol–water partition coefficient (Wildman–Crippen LogP) is 3.14. The van der Waals surface area contributed by atoms with Crippen molar-refractivity contribution < 1.29 is 17.9 Å². The number of alkyl halides is 3. The number of hydrogen-bond acceptors (Lipinski definition) is 6. The lowest BCUT2D eigenvalue weighted by atomic mass is 10.1. The maximum absolute atomic E-state index is 12.8. The van der Waals surface area contributed by atoms with Crippen LogP contribution in [0.2, 0.25) is 0 Å². The van der Waals surface area contributed by atoms with Gasteiger partial charge in [0, 0.05) is 62.0 Å². The maximum Gasteiger partial charge on any atom is 0.573 e. The fraction of sp³-hybridized carbons (Fsp3) is 0.652. The predicted molar refractivity (Wildman–Crippen MR) is 117 cm³/mol. The molecule has 5 fully saturated rings. The summed E-state index contributed by atoms with van der Waals surface area (Å²) in [5, 5.41) is 0. The topological polar surface area (TPSA) is 72.4 Å². The SMILES string of the molecule is CC(C)c1nc(-c2cnc(N)c(OC(F)(F)F)c2)cn1C12C3C(N4CCN(C)CC4)C[C@@H]1[C@H]32. The minimum absolute atomic E-state index is 0.144. The number of imidazole rings is 1. The molecule has 0 radical (unpaired) electrons. The molecule has 3 unspecified atom stereocenters. The molecule has 1 saturated heterocycles. The Morgan fingerprint density at radius 1 is 1.18 bits per heavy atom. The summed E-state index contributed by atoms with van der Waals surface area (Å²) in [5.41, 5.74) is 6.84. The van der Waals surface area contributed by atoms with Crippen LogP contribution >= 0.6 is 0 Å². The average Bonchev–Trinajstić information content (AvgIpc) is 3.30. The number of rotatable bonds is 5. The van der Waals surface area contributed by atoms with Crippen molar-refractivity contribution in [2.45, 2.75) is 44.1 Å². The Morgan fingerprint density at radius 3 is 2.55 bits per heavy atom. The number of halogens is 3. The Balaban J connectivity index is 1.30. The minimum Gasteiger partial charge on any atom is -0.402 e. The molecule has 1 aliphatic heterocycles. The fourth-order valence-corrected chi connectivity index (χ4v) is 6.70. The van der Waals surface area contributed by atoms with Gasteiger partial charge < -0.3 is 19.9 Å². The van der Waals surface area contributed by atoms with E-state index in [0.29, 0.717) is 35.1 Å². The van der Waals surface area contributed by atoms with Crippen molar-refractivity contribution in [2.24, 2.45) is 17.8 Å². The van der Waals surface area contributed by atoms with Crippen molar-refractivity contribution in [1.29, 1.82) is 0 Å². The van der Waals surface area contributed by atoms with Crippen LogP contribution in [0, 0.1) is 17.8 Å². The van der Waals surface area contributed by atoms with E-state index in [1.807, 2.05) is 6.20 Å². The van der Waals surface area contributed by atoms with Gasteiger partial charge in [-0.1, -0.05) is 13.8 Å². The minimum atomic E-state index is -4.83. The summed E-state index contributed by atoms with van der Waals surface area (Å²) >= 11 is 0. The van der Waals surface area contributed by atoms with Gasteiger partial charge in [0.15, 0.2) is 11.6 Å². The summed E-state index contributed by atoms with van der Waals surface area (Å²) in [5.74, 6) is 2.42. The number of pyridine rings is 1. The molecule has 0 spiro atoms. The van der Waals surface area contributed by atoms with E-state index in [-0.39, 0.29) is 17.3 Å². The van der Waals surface area contributed by atoms with Crippen molar-refractivity contribution in [3.63, 3.8) is 0 Å². The fourth-order valence-electron chi connectivity index (χ4n) is 6.70. The number of nitrogen functional groups attached to an aromatic ring is 1. The van der Waals surface area contributed by atoms with Gasteiger partial charge in [0.25, 0.3) is 0 Å². The highest BCUT2D eigenvalue weighted by Gasteiger charge is 2.93. The van der Waals surface area contributed by atoms with Gasteiger partial charge in [-0.15, -0.1) is 13.2 Å². The highest BCUT2D eigenvalue weighted by molar-refractivity contribution is 5.64. The summed E-state index contributed by atoms with van der Waals surface area (Å²) in [6, 6.07) is 1.91. The molecular weight excluding hydrogens is 433 g/mol. The van der Waals surface area contributed by atoms with Crippen LogP contribution in [0.3, 0.4) is 0 Å². The van der Waals surface area contributed by atoms with E-state index < -0.39 is 12.1 Å². The first-order chi connectivity index (χ1) is 15.6. The zero-order chi connectivity index (χ0) is 23.3. The highest BCUT2D eigenvalue weighted by atomic mass is 19.4. The van der Waals surface area contributed by atoms with Crippen molar-refractivity contribution >= 4 is 5.82 Å². The van der Waals surface area contributed by atoms with Gasteiger partial charge in [0.1, 0.15) is 5.82 Å². The van der Waals surface area contributed by atoms with E-state index in [1.165, 1.54) is 18.7 Å². The standard InChI is InChI=1S/C23H29F3N6O/c1-12(2)21-29-15(13-8-17(20(27)28-10-13)33-23(24,25)26)11-32(21)22-14-9-16(19(22)18(14)22)31-6-4-30(3)5-7-31/h8,10-12,14,16,18-19H,4-7,9H2,1-3H3,(H2,27,28)/t14-,16?,18-,19?,22?/m1/s1. The van der Waals surface area contributed by atoms with E-state index in [0.717, 1.165) is 32.0 Å². The first-order valence-corrected chi connectivity index (χ1v) is 11.6. The molecule has 2 bridgehead atoms. The number of fused-ring (bicyclic) bond motifs is 1. The summed E-state index contributed by atoms with van der Waals surface area (Å²) in [7, 11) is 2.18. The second-order valence-electron chi connectivity index (χ2n) is 10.4. The molecule has 0 aromatic carbocycles. The molecule has 4 aliphatic carbocycles. The lowest BCUT2D eigenvalue weighted by Crippen LogP contribution is -2.49. The smallest absolute Gasteiger partial charge is 0.402 e. The number of piperazine rings is 1. The molecule has 178 valence electrons. The maximum atomic E-state index is 12.8. The molecule has 7 nitrogen and oxygen atoms in total. The van der Waals surface area contributed by atoms with Crippen LogP contribution < -0.4 is 10.5 Å². The molecule has 7 rings (SSSR count). The molecule has 5 aliphatic rings. The molecule has 2 aromatic heterocycles. The summed E-state index contributed by atoms with van der Waals surface area (Å²) in [6.07, 6.45) is -0.120. The van der Waals surface area contributed by atoms with Gasteiger partial charge in [-0.3, -0.25) is 4.90 Å². The van der Waals surface area contributed by atoms with E-state index in [2.05, 4.69) is 45.0 Å². The number of ether oxygens (including phenoxy) is 1. The number of aromatic nitrogens is 3. The Labute approximate surface area is 190 Å². The highest BCUT2D eigenvalue weighted by Crippen LogP contribution is 2.89. The van der Waals surface area contributed by atoms with Crippen LogP contribution in [-0.4, -0.2) is 70.0 Å². The van der Waals surface area contributed by atoms with Gasteiger partial charge in [-0.2, -0.15) is 0 Å². The van der Waals surface area contributed by atoms with Crippen molar-refractivity contribution in [3.8, 4) is 17.0 Å². The quantitative estimate of drug-likeness (QED) is 0.736. The third-order valence-corrected chi connectivity index (χ3v) is 8.25. The van der Waals surface area contributed by atoms with Crippen molar-refractivity contribution in [3.05, 3.63) is 24.3 Å². The van der Waals surface area contributed by atoms with Crippen LogP contribution in [0.5, 0.6) is 5.75 Å². The Morgan fingerprint density at radius 2 is 1.91 bits per heavy atom. The molecule has 33 heavy (non-hydrogen) atoms. The van der Waals surface area contributed by atoms with Crippen molar-refractivity contribution in [2.75, 3.05) is 39.0 Å². The molecule has 0 amide bonds. The van der Waals surface area contributed by atoms with E-state index in [4.69, 9.17) is 10.7 Å². The monoisotopic (exact) mass is 462 g/mol. The van der Waals surface area contributed by atoms with E-state index >= 15 is 0 Å². The lowest BCUT2D eigenvalue weighted by molar-refractivity contribution is -0.274. The van der Waals surface area contributed by atoms with Gasteiger partial charge >= 0.3 is 6.36 Å². The normalized spacial score (nSPS) is 33.4. The zero-order valence-corrected chi connectivity index (χ0v) is 19.0. The van der Waals surface area contributed by atoms with Gasteiger partial charge in [0.2, 0.25) is 0 Å². The molecule has 4 saturated carbocycles. The molecule has 2 N–H and O–H groups in total. The number of likely N-dealkylation sites (N-methyl/N-ethyl adjacent to an activating group) is 1. The summed E-state index contributed by atoms with van der Waals surface area (Å²) < 4.78 is 44.7. The number of nitrogens with two attached hydrogens (primary N) is 1. The Hall–Kier alpha value is -2.33. The van der Waals surface area contributed by atoms with Crippen LogP contribution in [-0.2, 0) is 5.54 Å². The van der Waals surface area contributed by atoms with Crippen LogP contribution in [0.25, 0.3) is 11.3 Å². The second kappa shape index (κ2) is 6.85. The second-order valence-corrected chi connectivity index (χ2v) is 10.4. The number of nitrogens with zero attached hydrogens (tertiary/aromatic N) is 5. The van der Waals surface area contributed by atoms with Crippen molar-refractivity contribution in [1.82, 2.24) is 24.3 Å². The molecule has 5 atom stereocenters. The first kappa shape index (κ1) is 21.2. The number of hydrogen-bond donors (Lipinski definition) is 1. The lowest BCUT2D eigenvalue weighted by Gasteiger charge is -2.36. The molecular formula is C23H29F3N6O. The van der Waals surface area contributed by atoms with E-state index in [1.54, 1.807) is 0 Å². The average molecular weight is 463 g/mol. The van der Waals surface area contributed by atoms with Gasteiger partial charge in [0.05, 0.1) is 11.2 Å². The van der Waals surface area contributed by atoms with Gasteiger partial charge in [-0.05, 0) is 31.4 Å². The summed E-state index contributed by atoms with van der Waals surface area (Å²) in [6.45, 7) is 8.70. The van der Waals surface area contributed by atoms with Crippen LogP contribution in [0.4, 0.5) is 19.0 Å². The molecule has 10 heteroatoms. The Bertz CT molecular complexity index is 1090. The zero-order valence-electron chi connectivity index (χ0n) is 19.0. The Kier molecular flexibility index (Phi) is 4.40. The van der Waals surface area contributed by atoms with E-state index in [9.17, 15) is 13.2 Å². The largest absolute Gasteiger partial charge is 0.573 e. The van der Waals surface area contributed by atoms with Gasteiger partial charge in [-0.25, -0.2) is 9.97 Å². The number of anilines is 1. The molecule has 3 heterocycles. The molecule has 2 aromatic rings. The third kappa shape index (κ3) is 3.10. The summed E-state index contributed by atoms with van der Waals surface area (Å²) in [4.78, 5) is 13.8. The van der Waals surface area contributed by atoms with Crippen LogP contribution in [0.1, 0.15) is 32.0 Å².